The normalized spacial score (nSPS) is 10.4. The maximum Gasteiger partial charge on any atom is 0.227 e. The van der Waals surface area contributed by atoms with Crippen LogP contribution in [0.25, 0.3) is 11.3 Å². The largest absolute Gasteiger partial charge is 0.618 e. The smallest absolute Gasteiger partial charge is 0.227 e. The van der Waals surface area contributed by atoms with Crippen molar-refractivity contribution in [3.63, 3.8) is 0 Å². The molecule has 0 amide bonds. The van der Waals surface area contributed by atoms with E-state index in [0.29, 0.717) is 0 Å². The van der Waals surface area contributed by atoms with E-state index in [-0.39, 0.29) is 0 Å². The number of pyridine rings is 1. The molecule has 1 heterocycles. The standard InChI is InChI=1S/C14H15NO/c1-10-6-4-7-11(2)13(10)14-12(3)8-5-9-15(14)16/h4-9H,1-3H3. The molecule has 2 rings (SSSR count). The first-order chi connectivity index (χ1) is 7.61. The van der Waals surface area contributed by atoms with E-state index < -0.39 is 0 Å². The van der Waals surface area contributed by atoms with Crippen LogP contribution in [0.5, 0.6) is 0 Å². The fourth-order valence-corrected chi connectivity index (χ4v) is 2.09. The molecule has 0 spiro atoms. The lowest BCUT2D eigenvalue weighted by atomic mass is 9.97. The van der Waals surface area contributed by atoms with E-state index in [0.717, 1.165) is 32.7 Å². The SMILES string of the molecule is Cc1cccc(C)c1-c1c(C)ccc[n+]1[O-]. The highest BCUT2D eigenvalue weighted by Gasteiger charge is 2.16. The molecule has 0 unspecified atom stereocenters. The minimum atomic E-state index is 0.762. The van der Waals surface area contributed by atoms with Crippen LogP contribution in [0.1, 0.15) is 16.7 Å². The van der Waals surface area contributed by atoms with Crippen LogP contribution >= 0.6 is 0 Å². The predicted octanol–water partition coefficient (Wildman–Crippen LogP) is 2.91. The molecular formula is C14H15NO. The van der Waals surface area contributed by atoms with Gasteiger partial charge in [0.05, 0.1) is 5.56 Å². The summed E-state index contributed by atoms with van der Waals surface area (Å²) < 4.78 is 0.949. The summed E-state index contributed by atoms with van der Waals surface area (Å²) in [7, 11) is 0. The van der Waals surface area contributed by atoms with Gasteiger partial charge in [-0.3, -0.25) is 0 Å². The predicted molar refractivity (Wildman–Crippen MR) is 65.0 cm³/mol. The third-order valence-electron chi connectivity index (χ3n) is 2.88. The molecular weight excluding hydrogens is 198 g/mol. The van der Waals surface area contributed by atoms with Gasteiger partial charge in [0, 0.05) is 11.6 Å². The summed E-state index contributed by atoms with van der Waals surface area (Å²) in [6.07, 6.45) is 1.55. The third-order valence-corrected chi connectivity index (χ3v) is 2.88. The van der Waals surface area contributed by atoms with Gasteiger partial charge in [-0.1, -0.05) is 18.2 Å². The molecule has 0 aliphatic rings. The Bertz CT molecular complexity index is 442. The van der Waals surface area contributed by atoms with Gasteiger partial charge in [0.25, 0.3) is 0 Å². The number of rotatable bonds is 1. The van der Waals surface area contributed by atoms with Crippen LogP contribution in [0.15, 0.2) is 36.5 Å². The Morgan fingerprint density at radius 2 is 1.44 bits per heavy atom. The molecule has 16 heavy (non-hydrogen) atoms. The van der Waals surface area contributed by atoms with Gasteiger partial charge in [-0.15, -0.1) is 0 Å². The Morgan fingerprint density at radius 3 is 2.00 bits per heavy atom. The molecule has 0 saturated carbocycles. The lowest BCUT2D eigenvalue weighted by Gasteiger charge is -2.11. The second-order valence-corrected chi connectivity index (χ2v) is 4.13. The summed E-state index contributed by atoms with van der Waals surface area (Å²) in [4.78, 5) is 0. The van der Waals surface area contributed by atoms with Crippen molar-refractivity contribution < 1.29 is 4.73 Å². The molecule has 2 nitrogen and oxygen atoms in total. The second kappa shape index (κ2) is 3.97. The topological polar surface area (TPSA) is 26.9 Å². The van der Waals surface area contributed by atoms with E-state index in [2.05, 4.69) is 0 Å². The van der Waals surface area contributed by atoms with Crippen LogP contribution in [0.2, 0.25) is 0 Å². The van der Waals surface area contributed by atoms with Gasteiger partial charge in [-0.2, -0.15) is 4.73 Å². The molecule has 1 aromatic carbocycles. The molecule has 82 valence electrons. The monoisotopic (exact) mass is 213 g/mol. The summed E-state index contributed by atoms with van der Waals surface area (Å²) in [6.45, 7) is 6.04. The molecule has 0 aliphatic carbocycles. The molecule has 0 fully saturated rings. The van der Waals surface area contributed by atoms with Crippen molar-refractivity contribution in [1.29, 1.82) is 0 Å². The number of hydrogen-bond acceptors (Lipinski definition) is 1. The first-order valence-corrected chi connectivity index (χ1v) is 5.36. The highest BCUT2D eigenvalue weighted by atomic mass is 16.5. The van der Waals surface area contributed by atoms with Crippen LogP contribution in [-0.4, -0.2) is 0 Å². The zero-order valence-electron chi connectivity index (χ0n) is 9.82. The molecule has 0 radical (unpaired) electrons. The summed E-state index contributed by atoms with van der Waals surface area (Å²) >= 11 is 0. The van der Waals surface area contributed by atoms with Crippen molar-refractivity contribution in [3.8, 4) is 11.3 Å². The average molecular weight is 213 g/mol. The maximum atomic E-state index is 11.9. The lowest BCUT2D eigenvalue weighted by Crippen LogP contribution is -2.29. The number of hydrogen-bond donors (Lipinski definition) is 0. The van der Waals surface area contributed by atoms with Crippen molar-refractivity contribution in [2.45, 2.75) is 20.8 Å². The highest BCUT2D eigenvalue weighted by Crippen LogP contribution is 2.26. The summed E-state index contributed by atoms with van der Waals surface area (Å²) in [5.74, 6) is 0. The zero-order chi connectivity index (χ0) is 11.7. The summed E-state index contributed by atoms with van der Waals surface area (Å²) in [6, 6.07) is 9.83. The van der Waals surface area contributed by atoms with Gasteiger partial charge < -0.3 is 5.21 Å². The Labute approximate surface area is 95.8 Å². The second-order valence-electron chi connectivity index (χ2n) is 4.13. The van der Waals surface area contributed by atoms with Crippen molar-refractivity contribution in [1.82, 2.24) is 0 Å². The molecule has 1 aromatic heterocycles. The van der Waals surface area contributed by atoms with Crippen molar-refractivity contribution in [2.75, 3.05) is 0 Å². The summed E-state index contributed by atoms with van der Waals surface area (Å²) in [5.41, 5.74) is 5.10. The van der Waals surface area contributed by atoms with Crippen LogP contribution in [0, 0.1) is 26.0 Å². The average Bonchev–Trinajstić information content (AvgIpc) is 2.21. The maximum absolute atomic E-state index is 11.9. The van der Waals surface area contributed by atoms with Crippen LogP contribution < -0.4 is 4.73 Å². The Balaban J connectivity index is 2.77. The van der Waals surface area contributed by atoms with Gasteiger partial charge in [0.1, 0.15) is 0 Å². The number of nitrogens with zero attached hydrogens (tertiary/aromatic N) is 1. The Morgan fingerprint density at radius 1 is 0.875 bits per heavy atom. The molecule has 2 aromatic rings. The molecule has 0 saturated heterocycles. The van der Waals surface area contributed by atoms with E-state index in [1.807, 2.05) is 45.0 Å². The molecule has 2 heteroatoms. The number of benzene rings is 1. The van der Waals surface area contributed by atoms with Gasteiger partial charge >= 0.3 is 0 Å². The molecule has 0 atom stereocenters. The quantitative estimate of drug-likeness (QED) is 0.528. The Hall–Kier alpha value is -1.83. The van der Waals surface area contributed by atoms with E-state index in [1.54, 1.807) is 12.3 Å². The zero-order valence-corrected chi connectivity index (χ0v) is 9.82. The third kappa shape index (κ3) is 1.67. The highest BCUT2D eigenvalue weighted by molar-refractivity contribution is 5.67. The first-order valence-electron chi connectivity index (χ1n) is 5.36. The van der Waals surface area contributed by atoms with Gasteiger partial charge in [0.2, 0.25) is 5.69 Å². The minimum absolute atomic E-state index is 0.762. The molecule has 0 bridgehead atoms. The van der Waals surface area contributed by atoms with E-state index in [9.17, 15) is 5.21 Å². The van der Waals surface area contributed by atoms with Crippen LogP contribution in [0.4, 0.5) is 0 Å². The van der Waals surface area contributed by atoms with E-state index in [4.69, 9.17) is 0 Å². The van der Waals surface area contributed by atoms with Crippen molar-refractivity contribution in [2.24, 2.45) is 0 Å². The van der Waals surface area contributed by atoms with Gasteiger partial charge in [0.15, 0.2) is 6.20 Å². The summed E-state index contributed by atoms with van der Waals surface area (Å²) in [5, 5.41) is 11.9. The first kappa shape index (κ1) is 10.7. The Kier molecular flexibility index (Phi) is 2.65. The van der Waals surface area contributed by atoms with Crippen LogP contribution in [-0.2, 0) is 0 Å². The fraction of sp³-hybridized carbons (Fsp3) is 0.214. The van der Waals surface area contributed by atoms with E-state index >= 15 is 0 Å². The van der Waals surface area contributed by atoms with Gasteiger partial charge in [-0.05, 0) is 38.0 Å². The number of aryl methyl sites for hydroxylation is 3. The minimum Gasteiger partial charge on any atom is -0.618 e. The van der Waals surface area contributed by atoms with Crippen LogP contribution in [0.3, 0.4) is 0 Å². The lowest BCUT2D eigenvalue weighted by molar-refractivity contribution is -0.594. The van der Waals surface area contributed by atoms with E-state index in [1.165, 1.54) is 0 Å². The number of aromatic nitrogens is 1. The van der Waals surface area contributed by atoms with Gasteiger partial charge in [-0.25, -0.2) is 0 Å². The van der Waals surface area contributed by atoms with Crippen molar-refractivity contribution in [3.05, 3.63) is 58.4 Å². The molecule has 0 aliphatic heterocycles. The fourth-order valence-electron chi connectivity index (χ4n) is 2.09. The molecule has 0 N–H and O–H groups in total. The van der Waals surface area contributed by atoms with Crippen molar-refractivity contribution >= 4 is 0 Å².